The highest BCUT2D eigenvalue weighted by Crippen LogP contribution is 2.39. The lowest BCUT2D eigenvalue weighted by Gasteiger charge is -2.36. The third-order valence-electron chi connectivity index (χ3n) is 5.85. The van der Waals surface area contributed by atoms with Crippen molar-refractivity contribution in [2.75, 3.05) is 32.1 Å². The molecule has 1 fully saturated rings. The van der Waals surface area contributed by atoms with Gasteiger partial charge in [-0.3, -0.25) is 9.59 Å². The molecule has 164 valence electrons. The Morgan fingerprint density at radius 3 is 2.39 bits per heavy atom. The molecule has 0 bridgehead atoms. The Balaban J connectivity index is 1.75. The van der Waals surface area contributed by atoms with E-state index in [1.807, 2.05) is 11.9 Å². The summed E-state index contributed by atoms with van der Waals surface area (Å²) in [5, 5.41) is 1.81. The minimum absolute atomic E-state index is 0.0689. The number of amides is 2. The SMILES string of the molecule is CN1CCC(N(C)C2=C(c3cccs3)C(=O)N(c3cccc(C(F)(F)F)c3)C2=O)CC1. The van der Waals surface area contributed by atoms with Crippen molar-refractivity contribution in [1.29, 1.82) is 0 Å². The zero-order valence-corrected chi connectivity index (χ0v) is 18.0. The van der Waals surface area contributed by atoms with Gasteiger partial charge in [0.15, 0.2) is 0 Å². The summed E-state index contributed by atoms with van der Waals surface area (Å²) in [5.41, 5.74) is -0.482. The normalized spacial score (nSPS) is 18.9. The van der Waals surface area contributed by atoms with Gasteiger partial charge in [0, 0.05) is 18.0 Å². The molecular formula is C22H22F3N3O2S. The van der Waals surface area contributed by atoms with Crippen LogP contribution in [0.4, 0.5) is 18.9 Å². The number of nitrogens with zero attached hydrogens (tertiary/aromatic N) is 3. The smallest absolute Gasteiger partial charge is 0.366 e. The summed E-state index contributed by atoms with van der Waals surface area (Å²) < 4.78 is 39.7. The number of halogens is 3. The first kappa shape index (κ1) is 21.6. The van der Waals surface area contributed by atoms with Crippen LogP contribution in [0.5, 0.6) is 0 Å². The first-order valence-electron chi connectivity index (χ1n) is 9.94. The summed E-state index contributed by atoms with van der Waals surface area (Å²) in [6, 6.07) is 7.94. The highest BCUT2D eigenvalue weighted by atomic mass is 32.1. The number of benzene rings is 1. The fourth-order valence-electron chi connectivity index (χ4n) is 4.11. The number of anilines is 1. The number of hydrogen-bond acceptors (Lipinski definition) is 5. The lowest BCUT2D eigenvalue weighted by Crippen LogP contribution is -2.43. The van der Waals surface area contributed by atoms with Crippen molar-refractivity contribution in [3.05, 3.63) is 57.9 Å². The molecule has 0 N–H and O–H groups in total. The van der Waals surface area contributed by atoms with Crippen molar-refractivity contribution >= 4 is 34.4 Å². The van der Waals surface area contributed by atoms with Crippen LogP contribution in [0.3, 0.4) is 0 Å². The van der Waals surface area contributed by atoms with Gasteiger partial charge in [-0.1, -0.05) is 12.1 Å². The summed E-state index contributed by atoms with van der Waals surface area (Å²) in [5.74, 6) is -1.18. The van der Waals surface area contributed by atoms with Gasteiger partial charge in [-0.15, -0.1) is 11.3 Å². The Morgan fingerprint density at radius 1 is 1.06 bits per heavy atom. The first-order valence-corrected chi connectivity index (χ1v) is 10.8. The topological polar surface area (TPSA) is 43.9 Å². The van der Waals surface area contributed by atoms with Crippen LogP contribution < -0.4 is 4.90 Å². The van der Waals surface area contributed by atoms with E-state index in [1.54, 1.807) is 24.6 Å². The highest BCUT2D eigenvalue weighted by Gasteiger charge is 2.44. The number of hydrogen-bond donors (Lipinski definition) is 0. The Hall–Kier alpha value is -2.65. The number of carbonyl (C=O) groups excluding carboxylic acids is 2. The Labute approximate surface area is 182 Å². The molecule has 0 spiro atoms. The van der Waals surface area contributed by atoms with Gasteiger partial charge in [-0.25, -0.2) is 4.90 Å². The van der Waals surface area contributed by atoms with Crippen LogP contribution in [0.1, 0.15) is 23.3 Å². The maximum Gasteiger partial charge on any atom is 0.416 e. The van der Waals surface area contributed by atoms with E-state index in [0.29, 0.717) is 4.88 Å². The number of likely N-dealkylation sites (N-methyl/N-ethyl adjacent to an activating group) is 1. The number of likely N-dealkylation sites (tertiary alicyclic amines) is 1. The number of rotatable bonds is 4. The molecule has 31 heavy (non-hydrogen) atoms. The number of piperidine rings is 1. The molecule has 0 aliphatic carbocycles. The van der Waals surface area contributed by atoms with Gasteiger partial charge < -0.3 is 9.80 Å². The van der Waals surface area contributed by atoms with E-state index in [0.717, 1.165) is 43.0 Å². The monoisotopic (exact) mass is 449 g/mol. The third kappa shape index (κ3) is 3.99. The van der Waals surface area contributed by atoms with Gasteiger partial charge in [0.1, 0.15) is 5.70 Å². The van der Waals surface area contributed by atoms with Crippen molar-refractivity contribution in [2.24, 2.45) is 0 Å². The number of carbonyl (C=O) groups is 2. The van der Waals surface area contributed by atoms with Crippen LogP contribution in [0.15, 0.2) is 47.5 Å². The molecule has 0 saturated carbocycles. The minimum Gasteiger partial charge on any atom is -0.366 e. The zero-order valence-electron chi connectivity index (χ0n) is 17.1. The van der Waals surface area contributed by atoms with Gasteiger partial charge in [0.25, 0.3) is 11.8 Å². The molecule has 2 aromatic rings. The van der Waals surface area contributed by atoms with Gasteiger partial charge in [0.05, 0.1) is 16.8 Å². The van der Waals surface area contributed by atoms with E-state index in [-0.39, 0.29) is 23.0 Å². The molecule has 1 saturated heterocycles. The molecule has 0 atom stereocenters. The fraction of sp³-hybridized carbons (Fsp3) is 0.364. The number of imide groups is 1. The van der Waals surface area contributed by atoms with E-state index >= 15 is 0 Å². The molecule has 3 heterocycles. The molecule has 2 aliphatic heterocycles. The van der Waals surface area contributed by atoms with Crippen LogP contribution in [0.2, 0.25) is 0 Å². The van der Waals surface area contributed by atoms with Crippen LogP contribution in [0.25, 0.3) is 5.57 Å². The molecule has 9 heteroatoms. The Bertz CT molecular complexity index is 1020. The highest BCUT2D eigenvalue weighted by molar-refractivity contribution is 7.11. The molecule has 2 aliphatic rings. The summed E-state index contributed by atoms with van der Waals surface area (Å²) in [4.78, 5) is 32.4. The lowest BCUT2D eigenvalue weighted by atomic mass is 10.0. The quantitative estimate of drug-likeness (QED) is 0.660. The van der Waals surface area contributed by atoms with Crippen molar-refractivity contribution in [3.8, 4) is 0 Å². The average Bonchev–Trinajstić information content (AvgIpc) is 3.33. The predicted octanol–water partition coefficient (Wildman–Crippen LogP) is 4.08. The van der Waals surface area contributed by atoms with E-state index < -0.39 is 23.6 Å². The van der Waals surface area contributed by atoms with Crippen molar-refractivity contribution < 1.29 is 22.8 Å². The standard InChI is InChI=1S/C22H22F3N3O2S/c1-26-10-8-15(9-11-26)27(2)19-18(17-7-4-12-31-17)20(29)28(21(19)30)16-6-3-5-14(13-16)22(23,24)25/h3-7,12-13,15H,8-11H2,1-2H3. The lowest BCUT2D eigenvalue weighted by molar-refractivity contribution is -0.137. The van der Waals surface area contributed by atoms with Crippen molar-refractivity contribution in [2.45, 2.75) is 25.1 Å². The van der Waals surface area contributed by atoms with Crippen LogP contribution >= 0.6 is 11.3 Å². The molecule has 2 amide bonds. The van der Waals surface area contributed by atoms with Gasteiger partial charge in [-0.05, 0) is 62.6 Å². The summed E-state index contributed by atoms with van der Waals surface area (Å²) in [7, 11) is 3.83. The second-order valence-corrected chi connectivity index (χ2v) is 8.79. The second-order valence-electron chi connectivity index (χ2n) is 7.84. The molecule has 1 aromatic carbocycles. The molecule has 1 aromatic heterocycles. The zero-order chi connectivity index (χ0) is 22.3. The van der Waals surface area contributed by atoms with Crippen LogP contribution in [0, 0.1) is 0 Å². The maximum absolute atomic E-state index is 13.4. The van der Waals surface area contributed by atoms with Crippen molar-refractivity contribution in [1.82, 2.24) is 9.80 Å². The Kier molecular flexibility index (Phi) is 5.65. The van der Waals surface area contributed by atoms with Gasteiger partial charge in [-0.2, -0.15) is 13.2 Å². The maximum atomic E-state index is 13.4. The molecule has 0 unspecified atom stereocenters. The fourth-order valence-corrected chi connectivity index (χ4v) is 4.87. The Morgan fingerprint density at radius 2 is 1.77 bits per heavy atom. The summed E-state index contributed by atoms with van der Waals surface area (Å²) >= 11 is 1.33. The van der Waals surface area contributed by atoms with Crippen LogP contribution in [-0.4, -0.2) is 54.8 Å². The van der Waals surface area contributed by atoms with Crippen molar-refractivity contribution in [3.63, 3.8) is 0 Å². The van der Waals surface area contributed by atoms with E-state index in [9.17, 15) is 22.8 Å². The van der Waals surface area contributed by atoms with Crippen LogP contribution in [-0.2, 0) is 15.8 Å². The average molecular weight is 449 g/mol. The first-order chi connectivity index (χ1) is 14.7. The van der Waals surface area contributed by atoms with E-state index in [2.05, 4.69) is 4.90 Å². The number of alkyl halides is 3. The van der Waals surface area contributed by atoms with E-state index in [4.69, 9.17) is 0 Å². The van der Waals surface area contributed by atoms with Gasteiger partial charge >= 0.3 is 6.18 Å². The summed E-state index contributed by atoms with van der Waals surface area (Å²) in [6.45, 7) is 1.74. The molecule has 0 radical (unpaired) electrons. The molecule has 5 nitrogen and oxygen atoms in total. The minimum atomic E-state index is -4.57. The van der Waals surface area contributed by atoms with E-state index in [1.165, 1.54) is 23.5 Å². The van der Waals surface area contributed by atoms with Gasteiger partial charge in [0.2, 0.25) is 0 Å². The molecule has 4 rings (SSSR count). The predicted molar refractivity (Wildman–Crippen MR) is 113 cm³/mol. The third-order valence-corrected chi connectivity index (χ3v) is 6.73. The number of thiophene rings is 1. The second kappa shape index (κ2) is 8.12. The summed E-state index contributed by atoms with van der Waals surface area (Å²) in [6.07, 6.45) is -2.90. The molecular weight excluding hydrogens is 427 g/mol. The largest absolute Gasteiger partial charge is 0.416 e.